The summed E-state index contributed by atoms with van der Waals surface area (Å²) >= 11 is 0. The number of aromatic amines is 1. The molecule has 0 aliphatic carbocycles. The molecule has 0 saturated carbocycles. The van der Waals surface area contributed by atoms with Gasteiger partial charge < -0.3 is 15.2 Å². The van der Waals surface area contributed by atoms with E-state index in [4.69, 9.17) is 0 Å². The standard InChI is InChI=1S/C24H25FN4O2/c1-13-18(12-16-15-11-14(25)6-7-17(15)27-23(16)30)26-21-20(13)24(31)29-10-4-5-19(29)22(21)28-8-2-3-9-28/h6-7,11-12,19,22,26H,2-5,8-10H2,1H3,(H,27,30)/b16-12-/t19-,22?/m0/s1. The quantitative estimate of drug-likeness (QED) is 0.728. The molecular formula is C24H25FN4O2. The number of likely N-dealkylation sites (tertiary alicyclic amines) is 1. The van der Waals surface area contributed by atoms with Gasteiger partial charge in [-0.05, 0) is 75.5 Å². The van der Waals surface area contributed by atoms with E-state index in [-0.39, 0.29) is 29.7 Å². The Labute approximate surface area is 180 Å². The van der Waals surface area contributed by atoms with Crippen LogP contribution >= 0.6 is 0 Å². The Morgan fingerprint density at radius 1 is 1.13 bits per heavy atom. The zero-order chi connectivity index (χ0) is 21.3. The van der Waals surface area contributed by atoms with E-state index in [1.54, 1.807) is 12.1 Å². The molecule has 0 spiro atoms. The normalized spacial score (nSPS) is 26.4. The fourth-order valence-electron chi connectivity index (χ4n) is 5.88. The topological polar surface area (TPSA) is 68.4 Å². The van der Waals surface area contributed by atoms with Crippen molar-refractivity contribution >= 4 is 29.2 Å². The smallest absolute Gasteiger partial charge is 0.256 e. The third-order valence-corrected chi connectivity index (χ3v) is 7.34. The van der Waals surface area contributed by atoms with E-state index in [1.807, 2.05) is 6.92 Å². The first-order chi connectivity index (χ1) is 15.0. The van der Waals surface area contributed by atoms with Gasteiger partial charge >= 0.3 is 0 Å². The van der Waals surface area contributed by atoms with Gasteiger partial charge in [-0.15, -0.1) is 0 Å². The summed E-state index contributed by atoms with van der Waals surface area (Å²) in [6.45, 7) is 4.85. The molecule has 6 rings (SSSR count). The van der Waals surface area contributed by atoms with Crippen LogP contribution in [0, 0.1) is 12.7 Å². The summed E-state index contributed by atoms with van der Waals surface area (Å²) in [7, 11) is 0. The van der Waals surface area contributed by atoms with Gasteiger partial charge in [0.25, 0.3) is 11.8 Å². The summed E-state index contributed by atoms with van der Waals surface area (Å²) in [6, 6.07) is 4.68. The molecule has 1 unspecified atom stereocenters. The van der Waals surface area contributed by atoms with Gasteiger partial charge in [0, 0.05) is 29.2 Å². The number of hydrogen-bond donors (Lipinski definition) is 2. The van der Waals surface area contributed by atoms with E-state index in [9.17, 15) is 14.0 Å². The van der Waals surface area contributed by atoms with Gasteiger partial charge in [0.05, 0.1) is 23.2 Å². The second-order valence-electron chi connectivity index (χ2n) is 9.05. The number of aromatic nitrogens is 1. The number of nitrogens with one attached hydrogen (secondary N) is 2. The van der Waals surface area contributed by atoms with Crippen molar-refractivity contribution in [2.24, 2.45) is 0 Å². The summed E-state index contributed by atoms with van der Waals surface area (Å²) in [5.41, 5.74) is 4.93. The molecule has 6 nitrogen and oxygen atoms in total. The molecular weight excluding hydrogens is 395 g/mol. The Bertz CT molecular complexity index is 1140. The molecule has 31 heavy (non-hydrogen) atoms. The molecule has 2 saturated heterocycles. The largest absolute Gasteiger partial charge is 0.357 e. The van der Waals surface area contributed by atoms with Crippen molar-refractivity contribution in [2.45, 2.75) is 44.7 Å². The van der Waals surface area contributed by atoms with E-state index >= 15 is 0 Å². The molecule has 2 aromatic rings. The van der Waals surface area contributed by atoms with E-state index in [0.717, 1.165) is 55.0 Å². The minimum Gasteiger partial charge on any atom is -0.357 e. The maximum Gasteiger partial charge on any atom is 0.256 e. The molecule has 2 amide bonds. The number of carbonyl (C=O) groups is 2. The number of fused-ring (bicyclic) bond motifs is 3. The second-order valence-corrected chi connectivity index (χ2v) is 9.05. The van der Waals surface area contributed by atoms with Crippen LogP contribution in [0.4, 0.5) is 10.1 Å². The van der Waals surface area contributed by atoms with Crippen LogP contribution in [-0.2, 0) is 4.79 Å². The summed E-state index contributed by atoms with van der Waals surface area (Å²) in [5.74, 6) is -0.544. The monoisotopic (exact) mass is 420 g/mol. The van der Waals surface area contributed by atoms with Crippen molar-refractivity contribution in [2.75, 3.05) is 25.0 Å². The van der Waals surface area contributed by atoms with Crippen LogP contribution in [0.5, 0.6) is 0 Å². The Kier molecular flexibility index (Phi) is 4.12. The zero-order valence-electron chi connectivity index (χ0n) is 17.5. The molecule has 1 aromatic heterocycles. The molecule has 1 aromatic carbocycles. The number of anilines is 1. The highest BCUT2D eigenvalue weighted by Crippen LogP contribution is 2.44. The number of amides is 2. The third kappa shape index (κ3) is 2.72. The number of halogens is 1. The molecule has 4 aliphatic heterocycles. The van der Waals surface area contributed by atoms with Gasteiger partial charge in [0.1, 0.15) is 5.82 Å². The van der Waals surface area contributed by atoms with Gasteiger partial charge in [0.2, 0.25) is 0 Å². The summed E-state index contributed by atoms with van der Waals surface area (Å²) in [5, 5.41) is 2.80. The highest BCUT2D eigenvalue weighted by Gasteiger charge is 2.47. The van der Waals surface area contributed by atoms with Crippen molar-refractivity contribution in [3.63, 3.8) is 0 Å². The number of hydrogen-bond acceptors (Lipinski definition) is 3. The van der Waals surface area contributed by atoms with Gasteiger partial charge in [-0.3, -0.25) is 14.5 Å². The maximum absolute atomic E-state index is 13.8. The first kappa shape index (κ1) is 18.8. The highest BCUT2D eigenvalue weighted by molar-refractivity contribution is 6.34. The van der Waals surface area contributed by atoms with E-state index in [0.29, 0.717) is 16.8 Å². The maximum atomic E-state index is 13.8. The minimum absolute atomic E-state index is 0.0914. The van der Waals surface area contributed by atoms with Crippen LogP contribution in [-0.4, -0.2) is 52.3 Å². The van der Waals surface area contributed by atoms with Crippen LogP contribution in [0.1, 0.15) is 64.6 Å². The number of benzene rings is 1. The highest BCUT2D eigenvalue weighted by atomic mass is 19.1. The first-order valence-corrected chi connectivity index (χ1v) is 11.1. The van der Waals surface area contributed by atoms with Crippen molar-refractivity contribution in [3.05, 3.63) is 52.1 Å². The van der Waals surface area contributed by atoms with Crippen LogP contribution in [0.25, 0.3) is 11.6 Å². The number of nitrogens with zero attached hydrogens (tertiary/aromatic N) is 2. The summed E-state index contributed by atoms with van der Waals surface area (Å²) in [6.07, 6.45) is 6.21. The molecule has 7 heteroatoms. The van der Waals surface area contributed by atoms with Crippen molar-refractivity contribution in [1.29, 1.82) is 0 Å². The Morgan fingerprint density at radius 3 is 2.74 bits per heavy atom. The van der Waals surface area contributed by atoms with Gasteiger partial charge in [0.15, 0.2) is 0 Å². The lowest BCUT2D eigenvalue weighted by Gasteiger charge is -2.41. The fraction of sp³-hybridized carbons (Fsp3) is 0.417. The Morgan fingerprint density at radius 2 is 1.94 bits per heavy atom. The van der Waals surface area contributed by atoms with Crippen LogP contribution in [0.2, 0.25) is 0 Å². The number of H-pyrrole nitrogens is 1. The van der Waals surface area contributed by atoms with E-state index < -0.39 is 0 Å². The van der Waals surface area contributed by atoms with Crippen molar-refractivity contribution in [3.8, 4) is 0 Å². The van der Waals surface area contributed by atoms with Crippen LogP contribution in [0.3, 0.4) is 0 Å². The summed E-state index contributed by atoms with van der Waals surface area (Å²) in [4.78, 5) is 34.1. The van der Waals surface area contributed by atoms with Crippen LogP contribution in [0.15, 0.2) is 18.2 Å². The van der Waals surface area contributed by atoms with Gasteiger partial charge in [-0.1, -0.05) is 0 Å². The summed E-state index contributed by atoms with van der Waals surface area (Å²) < 4.78 is 13.8. The zero-order valence-corrected chi connectivity index (χ0v) is 17.5. The lowest BCUT2D eigenvalue weighted by molar-refractivity contribution is -0.110. The van der Waals surface area contributed by atoms with E-state index in [2.05, 4.69) is 20.1 Å². The second kappa shape index (κ2) is 6.79. The SMILES string of the molecule is Cc1c(/C=C2\C(=O)Nc3ccc(F)cc32)[nH]c2c1C(=O)N1CCC[C@H]1C2N1CCCC1. The third-order valence-electron chi connectivity index (χ3n) is 7.34. The molecule has 4 aliphatic rings. The average Bonchev–Trinajstić information content (AvgIpc) is 3.52. The first-order valence-electron chi connectivity index (χ1n) is 11.1. The molecule has 160 valence electrons. The Hall–Kier alpha value is -2.93. The van der Waals surface area contributed by atoms with E-state index in [1.165, 1.54) is 25.0 Å². The number of rotatable bonds is 2. The lowest BCUT2D eigenvalue weighted by Crippen LogP contribution is -2.49. The van der Waals surface area contributed by atoms with Gasteiger partial charge in [-0.25, -0.2) is 4.39 Å². The molecule has 0 radical (unpaired) electrons. The average molecular weight is 420 g/mol. The lowest BCUT2D eigenvalue weighted by atomic mass is 9.91. The van der Waals surface area contributed by atoms with Gasteiger partial charge in [-0.2, -0.15) is 0 Å². The molecule has 2 N–H and O–H groups in total. The predicted octanol–water partition coefficient (Wildman–Crippen LogP) is 3.71. The fourth-order valence-corrected chi connectivity index (χ4v) is 5.88. The molecule has 2 fully saturated rings. The van der Waals surface area contributed by atoms with Crippen molar-refractivity contribution in [1.82, 2.24) is 14.8 Å². The molecule has 0 bridgehead atoms. The predicted molar refractivity (Wildman–Crippen MR) is 116 cm³/mol. The number of carbonyl (C=O) groups excluding carboxylic acids is 2. The molecule has 2 atom stereocenters. The minimum atomic E-state index is -0.381. The Balaban J connectivity index is 1.49. The van der Waals surface area contributed by atoms with Crippen molar-refractivity contribution < 1.29 is 14.0 Å². The van der Waals surface area contributed by atoms with Crippen LogP contribution < -0.4 is 5.32 Å². The molecule has 5 heterocycles.